The zero-order valence-electron chi connectivity index (χ0n) is 9.32. The van der Waals surface area contributed by atoms with Gasteiger partial charge in [0.05, 0.1) is 9.90 Å². The standard InChI is InChI=1S/C14H13ClOS/c15-12-6-7-17-14(12)13(16)11-5-4-9-2-1-3-10(9)8-11/h4-8,13,16H,1-3H2. The molecule has 3 heteroatoms. The molecule has 1 nitrogen and oxygen atoms in total. The van der Waals surface area contributed by atoms with E-state index in [4.69, 9.17) is 11.6 Å². The fourth-order valence-electron chi connectivity index (χ4n) is 2.41. The van der Waals surface area contributed by atoms with Crippen molar-refractivity contribution in [1.29, 1.82) is 0 Å². The topological polar surface area (TPSA) is 20.2 Å². The van der Waals surface area contributed by atoms with Gasteiger partial charge >= 0.3 is 0 Å². The van der Waals surface area contributed by atoms with Gasteiger partial charge < -0.3 is 5.11 Å². The molecular weight excluding hydrogens is 252 g/mol. The normalized spacial score (nSPS) is 15.9. The number of hydrogen-bond donors (Lipinski definition) is 1. The van der Waals surface area contributed by atoms with Crippen molar-refractivity contribution in [3.8, 4) is 0 Å². The first kappa shape index (κ1) is 11.3. The Morgan fingerprint density at radius 2 is 2.00 bits per heavy atom. The summed E-state index contributed by atoms with van der Waals surface area (Å²) in [6, 6.07) is 8.12. The van der Waals surface area contributed by atoms with Crippen molar-refractivity contribution in [3.63, 3.8) is 0 Å². The number of aliphatic hydroxyl groups is 1. The van der Waals surface area contributed by atoms with E-state index in [0.717, 1.165) is 16.9 Å². The summed E-state index contributed by atoms with van der Waals surface area (Å²) in [4.78, 5) is 0.838. The van der Waals surface area contributed by atoms with Gasteiger partial charge in [-0.25, -0.2) is 0 Å². The Balaban J connectivity index is 1.97. The van der Waals surface area contributed by atoms with Crippen molar-refractivity contribution in [2.75, 3.05) is 0 Å². The first-order chi connectivity index (χ1) is 8.25. The van der Waals surface area contributed by atoms with Crippen LogP contribution in [0.4, 0.5) is 0 Å². The molecule has 0 fully saturated rings. The first-order valence-corrected chi connectivity index (χ1v) is 7.04. The highest BCUT2D eigenvalue weighted by molar-refractivity contribution is 7.10. The second-order valence-corrected chi connectivity index (χ2v) is 5.77. The summed E-state index contributed by atoms with van der Waals surface area (Å²) in [5, 5.41) is 12.9. The molecule has 0 spiro atoms. The van der Waals surface area contributed by atoms with Crippen LogP contribution in [0.5, 0.6) is 0 Å². The van der Waals surface area contributed by atoms with E-state index in [2.05, 4.69) is 12.1 Å². The van der Waals surface area contributed by atoms with Crippen LogP contribution in [-0.2, 0) is 12.8 Å². The minimum absolute atomic E-state index is 0.589. The molecule has 0 saturated carbocycles. The minimum atomic E-state index is -0.589. The summed E-state index contributed by atoms with van der Waals surface area (Å²) in [6.45, 7) is 0. The van der Waals surface area contributed by atoms with Crippen LogP contribution in [0.2, 0.25) is 5.02 Å². The van der Waals surface area contributed by atoms with Crippen LogP contribution < -0.4 is 0 Å². The summed E-state index contributed by atoms with van der Waals surface area (Å²) >= 11 is 7.56. The van der Waals surface area contributed by atoms with Gasteiger partial charge in [0.25, 0.3) is 0 Å². The van der Waals surface area contributed by atoms with Crippen LogP contribution >= 0.6 is 22.9 Å². The summed E-state index contributed by atoms with van der Waals surface area (Å²) in [5.74, 6) is 0. The molecule has 1 aromatic carbocycles. The molecule has 88 valence electrons. The molecule has 0 aliphatic heterocycles. The molecule has 1 atom stereocenters. The van der Waals surface area contributed by atoms with E-state index >= 15 is 0 Å². The molecular formula is C14H13ClOS. The molecule has 1 heterocycles. The first-order valence-electron chi connectivity index (χ1n) is 5.78. The van der Waals surface area contributed by atoms with E-state index in [1.54, 1.807) is 0 Å². The van der Waals surface area contributed by atoms with Crippen molar-refractivity contribution >= 4 is 22.9 Å². The number of benzene rings is 1. The van der Waals surface area contributed by atoms with Crippen LogP contribution in [0.1, 0.15) is 34.1 Å². The predicted octanol–water partition coefficient (Wildman–Crippen LogP) is 3.97. The van der Waals surface area contributed by atoms with Gasteiger partial charge in [0.2, 0.25) is 0 Å². The van der Waals surface area contributed by atoms with E-state index < -0.39 is 6.10 Å². The fourth-order valence-corrected chi connectivity index (χ4v) is 3.58. The SMILES string of the molecule is OC(c1ccc2c(c1)CCC2)c1sccc1Cl. The molecule has 0 saturated heterocycles. The highest BCUT2D eigenvalue weighted by atomic mass is 35.5. The Morgan fingerprint density at radius 1 is 1.18 bits per heavy atom. The molecule has 17 heavy (non-hydrogen) atoms. The third kappa shape index (κ3) is 2.01. The maximum atomic E-state index is 10.3. The Morgan fingerprint density at radius 3 is 2.76 bits per heavy atom. The van der Waals surface area contributed by atoms with Gasteiger partial charge in [0, 0.05) is 0 Å². The minimum Gasteiger partial charge on any atom is -0.383 e. The van der Waals surface area contributed by atoms with Gasteiger partial charge in [-0.2, -0.15) is 0 Å². The Hall–Kier alpha value is -0.830. The van der Waals surface area contributed by atoms with Crippen molar-refractivity contribution in [3.05, 3.63) is 56.2 Å². The number of fused-ring (bicyclic) bond motifs is 1. The van der Waals surface area contributed by atoms with E-state index in [1.807, 2.05) is 17.5 Å². The molecule has 3 rings (SSSR count). The lowest BCUT2D eigenvalue weighted by molar-refractivity contribution is 0.224. The molecule has 0 radical (unpaired) electrons. The van der Waals surface area contributed by atoms with E-state index in [-0.39, 0.29) is 0 Å². The lowest BCUT2D eigenvalue weighted by Crippen LogP contribution is -1.99. The van der Waals surface area contributed by atoms with Crippen LogP contribution in [0.3, 0.4) is 0 Å². The number of aryl methyl sites for hydroxylation is 2. The molecule has 1 aromatic heterocycles. The monoisotopic (exact) mass is 264 g/mol. The van der Waals surface area contributed by atoms with Crippen LogP contribution in [0.25, 0.3) is 0 Å². The van der Waals surface area contributed by atoms with Crippen molar-refractivity contribution in [2.45, 2.75) is 25.4 Å². The number of aliphatic hydroxyl groups excluding tert-OH is 1. The maximum absolute atomic E-state index is 10.3. The third-order valence-electron chi connectivity index (χ3n) is 3.33. The van der Waals surface area contributed by atoms with Gasteiger partial charge in [0.15, 0.2) is 0 Å². The lowest BCUT2D eigenvalue weighted by Gasteiger charge is -2.11. The molecule has 0 amide bonds. The van der Waals surface area contributed by atoms with Crippen molar-refractivity contribution in [1.82, 2.24) is 0 Å². The number of thiophene rings is 1. The highest BCUT2D eigenvalue weighted by Crippen LogP contribution is 2.34. The van der Waals surface area contributed by atoms with Gasteiger partial charge in [-0.15, -0.1) is 11.3 Å². The maximum Gasteiger partial charge on any atom is 0.115 e. The highest BCUT2D eigenvalue weighted by Gasteiger charge is 2.18. The smallest absolute Gasteiger partial charge is 0.115 e. The second-order valence-electron chi connectivity index (χ2n) is 4.42. The van der Waals surface area contributed by atoms with Crippen molar-refractivity contribution in [2.24, 2.45) is 0 Å². The Bertz CT molecular complexity index is 547. The Labute approximate surface area is 110 Å². The van der Waals surface area contributed by atoms with E-state index in [9.17, 15) is 5.11 Å². The third-order valence-corrected chi connectivity index (χ3v) is 4.74. The van der Waals surface area contributed by atoms with Gasteiger partial charge in [-0.1, -0.05) is 29.8 Å². The molecule has 1 aliphatic rings. The largest absolute Gasteiger partial charge is 0.383 e. The molecule has 1 unspecified atom stereocenters. The summed E-state index contributed by atoms with van der Waals surface area (Å²) in [5.41, 5.74) is 3.77. The summed E-state index contributed by atoms with van der Waals surface area (Å²) in [6.07, 6.45) is 2.95. The number of hydrogen-bond acceptors (Lipinski definition) is 2. The zero-order chi connectivity index (χ0) is 11.8. The van der Waals surface area contributed by atoms with E-state index in [1.165, 1.54) is 35.3 Å². The average molecular weight is 265 g/mol. The number of halogens is 1. The lowest BCUT2D eigenvalue weighted by atomic mass is 10.0. The van der Waals surface area contributed by atoms with Crippen LogP contribution in [-0.4, -0.2) is 5.11 Å². The summed E-state index contributed by atoms with van der Waals surface area (Å²) in [7, 11) is 0. The zero-order valence-corrected chi connectivity index (χ0v) is 10.9. The van der Waals surface area contributed by atoms with Crippen LogP contribution in [0.15, 0.2) is 29.6 Å². The molecule has 0 bridgehead atoms. The average Bonchev–Trinajstić information content (AvgIpc) is 2.95. The summed E-state index contributed by atoms with van der Waals surface area (Å²) < 4.78 is 0. The van der Waals surface area contributed by atoms with Gasteiger partial charge in [-0.3, -0.25) is 0 Å². The van der Waals surface area contributed by atoms with E-state index in [0.29, 0.717) is 5.02 Å². The molecule has 1 N–H and O–H groups in total. The quantitative estimate of drug-likeness (QED) is 0.870. The fraction of sp³-hybridized carbons (Fsp3) is 0.286. The Kier molecular flexibility index (Phi) is 2.95. The van der Waals surface area contributed by atoms with Gasteiger partial charge in [0.1, 0.15) is 6.10 Å². The number of rotatable bonds is 2. The molecule has 1 aliphatic carbocycles. The predicted molar refractivity (Wildman–Crippen MR) is 71.9 cm³/mol. The second kappa shape index (κ2) is 4.45. The van der Waals surface area contributed by atoms with Gasteiger partial charge in [-0.05, 0) is 47.4 Å². The van der Waals surface area contributed by atoms with Crippen molar-refractivity contribution < 1.29 is 5.11 Å². The molecule has 2 aromatic rings. The van der Waals surface area contributed by atoms with Crippen LogP contribution in [0, 0.1) is 0 Å².